The third kappa shape index (κ3) is 2.71. The molecular formula is C16H20FNO. The summed E-state index contributed by atoms with van der Waals surface area (Å²) in [7, 11) is 0. The maximum Gasteiger partial charge on any atom is 0.176 e. The molecule has 0 spiro atoms. The fraction of sp³-hybridized carbons (Fsp3) is 0.562. The molecule has 1 aromatic carbocycles. The molecule has 0 amide bonds. The second kappa shape index (κ2) is 5.41. The maximum atomic E-state index is 12.9. The topological polar surface area (TPSA) is 20.3 Å². The predicted molar refractivity (Wildman–Crippen MR) is 72.7 cm³/mol. The number of nitrogens with zero attached hydrogens (tertiary/aromatic N) is 1. The lowest BCUT2D eigenvalue weighted by molar-refractivity contribution is 0.0895. The van der Waals surface area contributed by atoms with Gasteiger partial charge in [-0.05, 0) is 56.0 Å². The number of rotatable bonds is 3. The van der Waals surface area contributed by atoms with Gasteiger partial charge >= 0.3 is 0 Å². The van der Waals surface area contributed by atoms with Crippen molar-refractivity contribution in [3.05, 3.63) is 35.6 Å². The van der Waals surface area contributed by atoms with Crippen molar-refractivity contribution in [3.63, 3.8) is 0 Å². The van der Waals surface area contributed by atoms with E-state index < -0.39 is 0 Å². The number of Topliss-reactive ketones (excluding diaryl/α,β-unsaturated/α-hetero) is 1. The quantitative estimate of drug-likeness (QED) is 0.778. The summed E-state index contributed by atoms with van der Waals surface area (Å²) < 4.78 is 12.9. The highest BCUT2D eigenvalue weighted by Crippen LogP contribution is 2.35. The highest BCUT2D eigenvalue weighted by atomic mass is 19.1. The van der Waals surface area contributed by atoms with Gasteiger partial charge in [0.15, 0.2) is 5.78 Å². The fourth-order valence-electron chi connectivity index (χ4n) is 3.61. The number of carbonyl (C=O) groups is 1. The van der Waals surface area contributed by atoms with Gasteiger partial charge in [-0.15, -0.1) is 0 Å². The van der Waals surface area contributed by atoms with Crippen LogP contribution >= 0.6 is 0 Å². The van der Waals surface area contributed by atoms with Gasteiger partial charge in [-0.2, -0.15) is 0 Å². The van der Waals surface area contributed by atoms with Crippen molar-refractivity contribution in [2.45, 2.75) is 38.1 Å². The Bertz CT molecular complexity index is 456. The minimum absolute atomic E-state index is 0.117. The van der Waals surface area contributed by atoms with Crippen LogP contribution in [0.25, 0.3) is 0 Å². The number of hydrogen-bond donors (Lipinski definition) is 0. The second-order valence-electron chi connectivity index (χ2n) is 5.80. The Hall–Kier alpha value is -1.22. The zero-order valence-corrected chi connectivity index (χ0v) is 11.1. The zero-order valence-electron chi connectivity index (χ0n) is 11.1. The molecule has 2 aliphatic rings. The Labute approximate surface area is 113 Å². The average molecular weight is 261 g/mol. The molecule has 2 fully saturated rings. The first-order chi connectivity index (χ1) is 9.24. The van der Waals surface area contributed by atoms with Gasteiger partial charge in [0, 0.05) is 11.6 Å². The monoisotopic (exact) mass is 261 g/mol. The van der Waals surface area contributed by atoms with Crippen LogP contribution in [0.4, 0.5) is 4.39 Å². The van der Waals surface area contributed by atoms with Crippen LogP contribution in [0, 0.1) is 11.7 Å². The molecule has 3 rings (SSSR count). The molecule has 1 saturated heterocycles. The lowest BCUT2D eigenvalue weighted by Crippen LogP contribution is -2.38. The van der Waals surface area contributed by atoms with E-state index in [0.717, 1.165) is 12.5 Å². The zero-order chi connectivity index (χ0) is 13.2. The van der Waals surface area contributed by atoms with Gasteiger partial charge < -0.3 is 0 Å². The van der Waals surface area contributed by atoms with Crippen LogP contribution in [0.15, 0.2) is 24.3 Å². The molecule has 102 valence electrons. The SMILES string of the molecule is O=C(CN1CCC2CCCCC21)c1ccc(F)cc1. The number of benzene rings is 1. The minimum atomic E-state index is -0.287. The summed E-state index contributed by atoms with van der Waals surface area (Å²) in [5, 5.41) is 0. The van der Waals surface area contributed by atoms with E-state index >= 15 is 0 Å². The van der Waals surface area contributed by atoms with E-state index in [9.17, 15) is 9.18 Å². The molecule has 1 saturated carbocycles. The van der Waals surface area contributed by atoms with Gasteiger partial charge in [-0.3, -0.25) is 9.69 Å². The van der Waals surface area contributed by atoms with E-state index in [1.807, 2.05) is 0 Å². The average Bonchev–Trinajstić information content (AvgIpc) is 2.83. The van der Waals surface area contributed by atoms with Crippen molar-refractivity contribution in [1.29, 1.82) is 0 Å². The summed E-state index contributed by atoms with van der Waals surface area (Å²) in [6, 6.07) is 6.51. The lowest BCUT2D eigenvalue weighted by Gasteiger charge is -2.31. The first kappa shape index (κ1) is 12.8. The Kier molecular flexibility index (Phi) is 3.65. The van der Waals surface area contributed by atoms with Gasteiger partial charge in [0.05, 0.1) is 6.54 Å². The molecule has 1 heterocycles. The van der Waals surface area contributed by atoms with Crippen LogP contribution in [-0.2, 0) is 0 Å². The molecule has 0 radical (unpaired) electrons. The summed E-state index contributed by atoms with van der Waals surface area (Å²) in [5.74, 6) is 0.631. The number of ketones is 1. The lowest BCUT2D eigenvalue weighted by atomic mass is 9.85. The minimum Gasteiger partial charge on any atom is -0.293 e. The van der Waals surface area contributed by atoms with Crippen LogP contribution in [0.1, 0.15) is 42.5 Å². The van der Waals surface area contributed by atoms with E-state index in [-0.39, 0.29) is 11.6 Å². The van der Waals surface area contributed by atoms with Crippen molar-refractivity contribution in [1.82, 2.24) is 4.90 Å². The fourth-order valence-corrected chi connectivity index (χ4v) is 3.61. The van der Waals surface area contributed by atoms with E-state index in [4.69, 9.17) is 0 Å². The van der Waals surface area contributed by atoms with E-state index in [2.05, 4.69) is 4.90 Å². The van der Waals surface area contributed by atoms with Gasteiger partial charge in [0.1, 0.15) is 5.82 Å². The van der Waals surface area contributed by atoms with Crippen molar-refractivity contribution in [3.8, 4) is 0 Å². The molecule has 2 unspecified atom stereocenters. The summed E-state index contributed by atoms with van der Waals surface area (Å²) >= 11 is 0. The summed E-state index contributed by atoms with van der Waals surface area (Å²) in [4.78, 5) is 14.6. The van der Waals surface area contributed by atoms with Crippen LogP contribution < -0.4 is 0 Å². The van der Waals surface area contributed by atoms with Crippen molar-refractivity contribution < 1.29 is 9.18 Å². The highest BCUT2D eigenvalue weighted by Gasteiger charge is 2.36. The summed E-state index contributed by atoms with van der Waals surface area (Å²) in [5.41, 5.74) is 0.626. The Balaban J connectivity index is 1.65. The number of carbonyl (C=O) groups excluding carboxylic acids is 1. The number of hydrogen-bond acceptors (Lipinski definition) is 2. The van der Waals surface area contributed by atoms with Gasteiger partial charge in [-0.25, -0.2) is 4.39 Å². The van der Waals surface area contributed by atoms with Gasteiger partial charge in [0.25, 0.3) is 0 Å². The van der Waals surface area contributed by atoms with Crippen LogP contribution in [0.3, 0.4) is 0 Å². The third-order valence-corrected chi connectivity index (χ3v) is 4.64. The predicted octanol–water partition coefficient (Wildman–Crippen LogP) is 3.27. The van der Waals surface area contributed by atoms with Gasteiger partial charge in [0.2, 0.25) is 0 Å². The van der Waals surface area contributed by atoms with Crippen LogP contribution in [0.5, 0.6) is 0 Å². The first-order valence-corrected chi connectivity index (χ1v) is 7.27. The molecular weight excluding hydrogens is 241 g/mol. The molecule has 0 N–H and O–H groups in total. The van der Waals surface area contributed by atoms with Crippen molar-refractivity contribution in [2.24, 2.45) is 5.92 Å². The molecule has 1 aliphatic heterocycles. The molecule has 0 bridgehead atoms. The van der Waals surface area contributed by atoms with E-state index in [1.165, 1.54) is 44.2 Å². The molecule has 3 heteroatoms. The normalized spacial score (nSPS) is 27.2. The van der Waals surface area contributed by atoms with Crippen molar-refractivity contribution in [2.75, 3.05) is 13.1 Å². The van der Waals surface area contributed by atoms with Crippen LogP contribution in [-0.4, -0.2) is 29.8 Å². The Morgan fingerprint density at radius 1 is 1.16 bits per heavy atom. The van der Waals surface area contributed by atoms with Crippen molar-refractivity contribution >= 4 is 5.78 Å². The summed E-state index contributed by atoms with van der Waals surface area (Å²) in [6.45, 7) is 1.54. The second-order valence-corrected chi connectivity index (χ2v) is 5.80. The Morgan fingerprint density at radius 3 is 2.68 bits per heavy atom. The van der Waals surface area contributed by atoms with Gasteiger partial charge in [-0.1, -0.05) is 12.8 Å². The molecule has 2 atom stereocenters. The Morgan fingerprint density at radius 2 is 1.89 bits per heavy atom. The number of halogens is 1. The molecule has 19 heavy (non-hydrogen) atoms. The molecule has 2 nitrogen and oxygen atoms in total. The van der Waals surface area contributed by atoms with Crippen LogP contribution in [0.2, 0.25) is 0 Å². The summed E-state index contributed by atoms with van der Waals surface area (Å²) in [6.07, 6.45) is 6.44. The standard InChI is InChI=1S/C16H20FNO/c17-14-7-5-13(6-8-14)16(19)11-18-10-9-12-3-1-2-4-15(12)18/h5-8,12,15H,1-4,9-11H2. The van der Waals surface area contributed by atoms with E-state index in [1.54, 1.807) is 12.1 Å². The number of likely N-dealkylation sites (tertiary alicyclic amines) is 1. The maximum absolute atomic E-state index is 12.9. The largest absolute Gasteiger partial charge is 0.293 e. The molecule has 1 aliphatic carbocycles. The molecule has 1 aromatic rings. The smallest absolute Gasteiger partial charge is 0.176 e. The van der Waals surface area contributed by atoms with E-state index in [0.29, 0.717) is 18.2 Å². The number of fused-ring (bicyclic) bond motifs is 1. The molecule has 0 aromatic heterocycles. The third-order valence-electron chi connectivity index (χ3n) is 4.64. The highest BCUT2D eigenvalue weighted by molar-refractivity contribution is 5.97. The first-order valence-electron chi connectivity index (χ1n) is 7.27.